The summed E-state index contributed by atoms with van der Waals surface area (Å²) >= 11 is 0. The van der Waals surface area contributed by atoms with Gasteiger partial charge in [0.25, 0.3) is 0 Å². The molecule has 0 radical (unpaired) electrons. The van der Waals surface area contributed by atoms with Crippen molar-refractivity contribution in [2.24, 2.45) is 0 Å². The number of nitrogens with one attached hydrogen (secondary N) is 1. The quantitative estimate of drug-likeness (QED) is 0.286. The van der Waals surface area contributed by atoms with Crippen LogP contribution in [0.1, 0.15) is 37.3 Å². The SMILES string of the molecule is Cc1cc2nc(Nc3ccc(-c4cn(C5CCC(N6CCN(C)CC6)CC5)c5ncnc(N)c45)cc3)ncc2cc1F. The molecule has 2 aromatic carbocycles. The third-order valence-electron chi connectivity index (χ3n) is 9.06. The lowest BCUT2D eigenvalue weighted by Crippen LogP contribution is -2.49. The number of nitrogen functional groups attached to an aromatic ring is 1. The summed E-state index contributed by atoms with van der Waals surface area (Å²) < 4.78 is 16.2. The second-order valence-corrected chi connectivity index (χ2v) is 11.8. The highest BCUT2D eigenvalue weighted by Crippen LogP contribution is 2.39. The number of benzene rings is 2. The van der Waals surface area contributed by atoms with E-state index < -0.39 is 0 Å². The first-order chi connectivity index (χ1) is 20.4. The topological polar surface area (TPSA) is 101 Å². The molecule has 1 saturated heterocycles. The van der Waals surface area contributed by atoms with Crippen LogP contribution in [0.15, 0.2) is 55.1 Å². The van der Waals surface area contributed by atoms with E-state index in [1.54, 1.807) is 25.5 Å². The van der Waals surface area contributed by atoms with Crippen molar-refractivity contribution >= 4 is 39.4 Å². The van der Waals surface area contributed by atoms with Crippen LogP contribution < -0.4 is 11.1 Å². The zero-order valence-electron chi connectivity index (χ0n) is 24.1. The lowest BCUT2D eigenvalue weighted by Gasteiger charge is -2.41. The molecule has 1 aliphatic carbocycles. The van der Waals surface area contributed by atoms with Gasteiger partial charge < -0.3 is 20.5 Å². The average molecular weight is 566 g/mol. The predicted molar refractivity (Wildman–Crippen MR) is 165 cm³/mol. The van der Waals surface area contributed by atoms with Crippen molar-refractivity contribution in [2.75, 3.05) is 44.3 Å². The Labute approximate surface area is 244 Å². The van der Waals surface area contributed by atoms with Crippen molar-refractivity contribution in [3.8, 4) is 11.1 Å². The molecule has 216 valence electrons. The Morgan fingerprint density at radius 3 is 2.43 bits per heavy atom. The first-order valence-electron chi connectivity index (χ1n) is 14.8. The van der Waals surface area contributed by atoms with E-state index in [9.17, 15) is 4.39 Å². The molecule has 7 rings (SSSR count). The third-order valence-corrected chi connectivity index (χ3v) is 9.06. The van der Waals surface area contributed by atoms with Gasteiger partial charge in [0.2, 0.25) is 5.95 Å². The van der Waals surface area contributed by atoms with E-state index in [0.717, 1.165) is 53.8 Å². The molecule has 2 fully saturated rings. The van der Waals surface area contributed by atoms with Gasteiger partial charge in [-0.15, -0.1) is 0 Å². The molecule has 3 N–H and O–H groups in total. The third kappa shape index (κ3) is 5.05. The summed E-state index contributed by atoms with van der Waals surface area (Å²) in [4.78, 5) is 23.1. The van der Waals surface area contributed by atoms with Gasteiger partial charge in [-0.1, -0.05) is 12.1 Å². The molecule has 0 atom stereocenters. The maximum Gasteiger partial charge on any atom is 0.227 e. The fourth-order valence-corrected chi connectivity index (χ4v) is 6.57. The molecule has 42 heavy (non-hydrogen) atoms. The molecule has 1 saturated carbocycles. The molecule has 0 unspecified atom stereocenters. The number of hydrogen-bond donors (Lipinski definition) is 2. The zero-order chi connectivity index (χ0) is 28.8. The number of likely N-dealkylation sites (N-methyl/N-ethyl adjacent to an activating group) is 1. The van der Waals surface area contributed by atoms with Gasteiger partial charge in [-0.2, -0.15) is 0 Å². The molecular formula is C32H36FN9. The average Bonchev–Trinajstić information content (AvgIpc) is 3.40. The van der Waals surface area contributed by atoms with Crippen molar-refractivity contribution in [3.63, 3.8) is 0 Å². The number of hydrogen-bond acceptors (Lipinski definition) is 8. The van der Waals surface area contributed by atoms with E-state index in [1.165, 1.54) is 32.0 Å². The molecule has 9 nitrogen and oxygen atoms in total. The number of piperazine rings is 1. The Bertz CT molecular complexity index is 1730. The van der Waals surface area contributed by atoms with Crippen LogP contribution in [0.3, 0.4) is 0 Å². The van der Waals surface area contributed by atoms with Crippen LogP contribution in [0.2, 0.25) is 0 Å². The van der Waals surface area contributed by atoms with Crippen molar-refractivity contribution in [2.45, 2.75) is 44.7 Å². The Kier molecular flexibility index (Phi) is 6.95. The molecule has 2 aliphatic rings. The molecule has 0 bridgehead atoms. The van der Waals surface area contributed by atoms with Crippen LogP contribution in [0.4, 0.5) is 21.8 Å². The Balaban J connectivity index is 1.12. The molecule has 3 aromatic heterocycles. The van der Waals surface area contributed by atoms with E-state index in [1.807, 2.05) is 12.1 Å². The normalized spacial score (nSPS) is 20.4. The van der Waals surface area contributed by atoms with Gasteiger partial charge in [0.15, 0.2) is 0 Å². The van der Waals surface area contributed by atoms with Crippen LogP contribution in [-0.4, -0.2) is 73.6 Å². The molecule has 1 aliphatic heterocycles. The van der Waals surface area contributed by atoms with E-state index in [-0.39, 0.29) is 5.82 Å². The Morgan fingerprint density at radius 2 is 1.67 bits per heavy atom. The minimum Gasteiger partial charge on any atom is -0.383 e. The van der Waals surface area contributed by atoms with Gasteiger partial charge in [0.1, 0.15) is 23.6 Å². The van der Waals surface area contributed by atoms with Gasteiger partial charge in [-0.05, 0) is 75.0 Å². The Hall–Kier alpha value is -4.15. The van der Waals surface area contributed by atoms with E-state index in [2.05, 4.69) is 60.0 Å². The summed E-state index contributed by atoms with van der Waals surface area (Å²) in [6, 6.07) is 12.4. The fourth-order valence-electron chi connectivity index (χ4n) is 6.57. The zero-order valence-corrected chi connectivity index (χ0v) is 24.1. The summed E-state index contributed by atoms with van der Waals surface area (Å²) in [5.41, 5.74) is 11.5. The first-order valence-corrected chi connectivity index (χ1v) is 14.8. The standard InChI is InChI=1S/C32H36FN9/c1-20-15-28-22(16-27(20)33)17-35-32(39-28)38-23-5-3-21(4-6-23)26-18-42(31-29(26)30(34)36-19-37-31)25-9-7-24(8-10-25)41-13-11-40(2)12-14-41/h3-6,15-19,24-25H,7-14H2,1-2H3,(H2,34,36,37)(H,35,38,39). The van der Waals surface area contributed by atoms with Gasteiger partial charge in [0, 0.05) is 67.3 Å². The van der Waals surface area contributed by atoms with Crippen molar-refractivity contribution in [1.29, 1.82) is 0 Å². The summed E-state index contributed by atoms with van der Waals surface area (Å²) in [6.45, 7) is 6.39. The largest absolute Gasteiger partial charge is 0.383 e. The van der Waals surface area contributed by atoms with Gasteiger partial charge >= 0.3 is 0 Å². The highest BCUT2D eigenvalue weighted by molar-refractivity contribution is 6.00. The highest BCUT2D eigenvalue weighted by Gasteiger charge is 2.30. The van der Waals surface area contributed by atoms with Crippen LogP contribution in [0.25, 0.3) is 33.1 Å². The molecule has 0 spiro atoms. The summed E-state index contributed by atoms with van der Waals surface area (Å²) in [6.07, 6.45) is 10.1. The van der Waals surface area contributed by atoms with E-state index >= 15 is 0 Å². The second kappa shape index (κ2) is 10.9. The van der Waals surface area contributed by atoms with Crippen molar-refractivity contribution in [1.82, 2.24) is 34.3 Å². The second-order valence-electron chi connectivity index (χ2n) is 11.8. The van der Waals surface area contributed by atoms with Crippen LogP contribution in [0, 0.1) is 12.7 Å². The molecular weight excluding hydrogens is 529 g/mol. The van der Waals surface area contributed by atoms with E-state index in [4.69, 9.17) is 10.7 Å². The predicted octanol–water partition coefficient (Wildman–Crippen LogP) is 5.55. The molecule has 5 aromatic rings. The monoisotopic (exact) mass is 565 g/mol. The lowest BCUT2D eigenvalue weighted by molar-refractivity contribution is 0.0828. The van der Waals surface area contributed by atoms with Gasteiger partial charge in [-0.25, -0.2) is 24.3 Å². The smallest absolute Gasteiger partial charge is 0.227 e. The number of aryl methyl sites for hydroxylation is 1. The number of nitrogens with zero attached hydrogens (tertiary/aromatic N) is 7. The number of aromatic nitrogens is 5. The lowest BCUT2D eigenvalue weighted by atomic mass is 9.89. The van der Waals surface area contributed by atoms with Crippen molar-refractivity contribution < 1.29 is 4.39 Å². The van der Waals surface area contributed by atoms with Crippen LogP contribution >= 0.6 is 0 Å². The molecule has 10 heteroatoms. The molecule has 4 heterocycles. The minimum absolute atomic E-state index is 0.256. The van der Waals surface area contributed by atoms with Crippen LogP contribution in [-0.2, 0) is 0 Å². The van der Waals surface area contributed by atoms with Gasteiger partial charge in [0.05, 0.1) is 10.9 Å². The minimum atomic E-state index is -0.256. The number of rotatable bonds is 5. The number of nitrogens with two attached hydrogens (primary N) is 1. The van der Waals surface area contributed by atoms with E-state index in [0.29, 0.717) is 40.3 Å². The highest BCUT2D eigenvalue weighted by atomic mass is 19.1. The maximum absolute atomic E-state index is 13.9. The summed E-state index contributed by atoms with van der Waals surface area (Å²) in [7, 11) is 2.21. The summed E-state index contributed by atoms with van der Waals surface area (Å²) in [5, 5.41) is 4.84. The Morgan fingerprint density at radius 1 is 0.929 bits per heavy atom. The number of fused-ring (bicyclic) bond motifs is 2. The maximum atomic E-state index is 13.9. The first kappa shape index (κ1) is 26.7. The number of anilines is 3. The molecule has 0 amide bonds. The van der Waals surface area contributed by atoms with Crippen LogP contribution in [0.5, 0.6) is 0 Å². The van der Waals surface area contributed by atoms with Crippen molar-refractivity contribution in [3.05, 3.63) is 66.5 Å². The number of halogens is 1. The van der Waals surface area contributed by atoms with Gasteiger partial charge in [-0.3, -0.25) is 4.90 Å². The summed E-state index contributed by atoms with van der Waals surface area (Å²) in [5.74, 6) is 0.703. The fraction of sp³-hybridized carbons (Fsp3) is 0.375.